The highest BCUT2D eigenvalue weighted by atomic mass is 35.5. The van der Waals surface area contributed by atoms with E-state index in [4.69, 9.17) is 11.6 Å². The summed E-state index contributed by atoms with van der Waals surface area (Å²) in [7, 11) is 1.84. The summed E-state index contributed by atoms with van der Waals surface area (Å²) in [4.78, 5) is 24.3. The van der Waals surface area contributed by atoms with Crippen LogP contribution in [0, 0.1) is 0 Å². The van der Waals surface area contributed by atoms with Gasteiger partial charge in [-0.3, -0.25) is 4.79 Å². The Morgan fingerprint density at radius 3 is 2.52 bits per heavy atom. The third-order valence-corrected chi connectivity index (χ3v) is 3.58. The Bertz CT molecular complexity index is 643. The van der Waals surface area contributed by atoms with E-state index < -0.39 is 0 Å². The number of amides is 1. The van der Waals surface area contributed by atoms with E-state index >= 15 is 0 Å². The summed E-state index contributed by atoms with van der Waals surface area (Å²) in [5.74, 6) is 0.743. The van der Waals surface area contributed by atoms with Crippen LogP contribution < -0.4 is 4.90 Å². The molecule has 0 saturated heterocycles. The largest absolute Gasteiger partial charge is 0.350 e. The van der Waals surface area contributed by atoms with Crippen molar-refractivity contribution in [1.29, 1.82) is 0 Å². The molecule has 1 aromatic heterocycles. The third-order valence-electron chi connectivity index (χ3n) is 3.41. The molecule has 2 rings (SSSR count). The van der Waals surface area contributed by atoms with E-state index in [1.807, 2.05) is 50.1 Å². The summed E-state index contributed by atoms with van der Waals surface area (Å²) in [6, 6.07) is 7.63. The second-order valence-corrected chi connectivity index (χ2v) is 5.09. The molecule has 6 heteroatoms. The number of likely N-dealkylation sites (N-methyl/N-ethyl adjacent to an activating group) is 2. The monoisotopic (exact) mass is 306 g/mol. The van der Waals surface area contributed by atoms with Gasteiger partial charge in [0.05, 0.1) is 12.1 Å². The molecule has 1 heterocycles. The molecule has 0 unspecified atom stereocenters. The zero-order chi connectivity index (χ0) is 15.4. The van der Waals surface area contributed by atoms with E-state index in [0.29, 0.717) is 18.9 Å². The normalized spacial score (nSPS) is 10.7. The zero-order valence-electron chi connectivity index (χ0n) is 12.5. The number of hydrogen-bond acceptors (Lipinski definition) is 4. The number of carbonyl (C=O) groups excluding carboxylic acids is 1. The number of rotatable bonds is 5. The number of nitrogens with zero attached hydrogens (tertiary/aromatic N) is 4. The molecule has 21 heavy (non-hydrogen) atoms. The molecule has 0 radical (unpaired) electrons. The molecule has 0 fully saturated rings. The highest BCUT2D eigenvalue weighted by Gasteiger charge is 2.16. The van der Waals surface area contributed by atoms with Crippen molar-refractivity contribution in [2.24, 2.45) is 0 Å². The van der Waals surface area contributed by atoms with Crippen molar-refractivity contribution in [1.82, 2.24) is 14.9 Å². The summed E-state index contributed by atoms with van der Waals surface area (Å²) >= 11 is 5.98. The van der Waals surface area contributed by atoms with Crippen LogP contribution in [0.4, 0.5) is 5.82 Å². The highest BCUT2D eigenvalue weighted by Crippen LogP contribution is 2.24. The first kappa shape index (κ1) is 15.5. The summed E-state index contributed by atoms with van der Waals surface area (Å²) in [5.41, 5.74) is 0.773. The Hall–Kier alpha value is -1.88. The minimum absolute atomic E-state index is 0.0707. The van der Waals surface area contributed by atoms with Gasteiger partial charge in [0.2, 0.25) is 11.2 Å². The Labute approximate surface area is 129 Å². The molecule has 1 aromatic carbocycles. The fourth-order valence-electron chi connectivity index (χ4n) is 2.28. The van der Waals surface area contributed by atoms with E-state index in [1.165, 1.54) is 0 Å². The highest BCUT2D eigenvalue weighted by molar-refractivity contribution is 6.28. The Morgan fingerprint density at radius 2 is 1.86 bits per heavy atom. The number of para-hydroxylation sites is 1. The summed E-state index contributed by atoms with van der Waals surface area (Å²) in [5, 5.41) is 1.07. The fourth-order valence-corrected chi connectivity index (χ4v) is 2.45. The maximum atomic E-state index is 12.2. The molecule has 0 spiro atoms. The van der Waals surface area contributed by atoms with E-state index in [2.05, 4.69) is 9.97 Å². The molecule has 0 aliphatic carbocycles. The van der Waals surface area contributed by atoms with Crippen LogP contribution in [-0.4, -0.2) is 47.5 Å². The minimum atomic E-state index is 0.0707. The van der Waals surface area contributed by atoms with Gasteiger partial charge >= 0.3 is 0 Å². The van der Waals surface area contributed by atoms with Crippen molar-refractivity contribution >= 4 is 34.2 Å². The van der Waals surface area contributed by atoms with E-state index in [9.17, 15) is 4.79 Å². The lowest BCUT2D eigenvalue weighted by molar-refractivity contribution is -0.129. The van der Waals surface area contributed by atoms with Gasteiger partial charge in [-0.2, -0.15) is 4.98 Å². The first-order valence-corrected chi connectivity index (χ1v) is 7.35. The first-order chi connectivity index (χ1) is 10.1. The average molecular weight is 307 g/mol. The van der Waals surface area contributed by atoms with Gasteiger partial charge in [-0.1, -0.05) is 12.1 Å². The molecule has 0 saturated carbocycles. The van der Waals surface area contributed by atoms with Crippen LogP contribution in [0.1, 0.15) is 13.8 Å². The predicted molar refractivity (Wildman–Crippen MR) is 85.7 cm³/mol. The Balaban J connectivity index is 2.31. The number of benzene rings is 1. The molecule has 0 N–H and O–H groups in total. The van der Waals surface area contributed by atoms with Crippen LogP contribution >= 0.6 is 11.6 Å². The standard InChI is InChI=1S/C15H19ClN4O/c1-4-20(5-2)13(21)10-19(3)14-11-8-6-7-9-12(11)17-15(16)18-14/h6-9H,4-5,10H2,1-3H3. The molecular formula is C15H19ClN4O. The predicted octanol–water partition coefficient (Wildman–Crippen LogP) is 2.59. The van der Waals surface area contributed by atoms with Gasteiger partial charge in [-0.05, 0) is 37.6 Å². The van der Waals surface area contributed by atoms with Crippen LogP contribution in [0.2, 0.25) is 5.28 Å². The molecular weight excluding hydrogens is 288 g/mol. The van der Waals surface area contributed by atoms with E-state index in [-0.39, 0.29) is 17.7 Å². The Morgan fingerprint density at radius 1 is 1.19 bits per heavy atom. The van der Waals surface area contributed by atoms with Gasteiger partial charge in [-0.25, -0.2) is 4.98 Å². The quantitative estimate of drug-likeness (QED) is 0.797. The number of halogens is 1. The number of hydrogen-bond donors (Lipinski definition) is 0. The third kappa shape index (κ3) is 3.42. The number of carbonyl (C=O) groups is 1. The van der Waals surface area contributed by atoms with Gasteiger partial charge in [0.1, 0.15) is 5.82 Å². The van der Waals surface area contributed by atoms with Gasteiger partial charge in [-0.15, -0.1) is 0 Å². The lowest BCUT2D eigenvalue weighted by atomic mass is 10.2. The smallest absolute Gasteiger partial charge is 0.242 e. The fraction of sp³-hybridized carbons (Fsp3) is 0.400. The number of fused-ring (bicyclic) bond motifs is 1. The van der Waals surface area contributed by atoms with Crippen molar-refractivity contribution in [2.45, 2.75) is 13.8 Å². The lowest BCUT2D eigenvalue weighted by Crippen LogP contribution is -2.39. The minimum Gasteiger partial charge on any atom is -0.350 e. The number of anilines is 1. The van der Waals surface area contributed by atoms with Crippen LogP contribution in [0.3, 0.4) is 0 Å². The van der Waals surface area contributed by atoms with Gasteiger partial charge < -0.3 is 9.80 Å². The molecule has 1 amide bonds. The summed E-state index contributed by atoms with van der Waals surface area (Å²) < 4.78 is 0. The molecule has 0 bridgehead atoms. The van der Waals surface area contributed by atoms with Crippen molar-refractivity contribution < 1.29 is 4.79 Å². The van der Waals surface area contributed by atoms with E-state index in [0.717, 1.165) is 10.9 Å². The molecule has 0 aliphatic rings. The summed E-state index contributed by atoms with van der Waals surface area (Å²) in [6.45, 7) is 5.61. The SMILES string of the molecule is CCN(CC)C(=O)CN(C)c1nc(Cl)nc2ccccc12. The van der Waals surface area contributed by atoms with Gasteiger partial charge in [0.25, 0.3) is 0 Å². The van der Waals surface area contributed by atoms with Crippen molar-refractivity contribution in [3.05, 3.63) is 29.5 Å². The maximum absolute atomic E-state index is 12.2. The van der Waals surface area contributed by atoms with E-state index in [1.54, 1.807) is 4.90 Å². The van der Waals surface area contributed by atoms with Crippen LogP contribution in [0.5, 0.6) is 0 Å². The lowest BCUT2D eigenvalue weighted by Gasteiger charge is -2.24. The molecule has 0 aliphatic heterocycles. The second kappa shape index (κ2) is 6.72. The zero-order valence-corrected chi connectivity index (χ0v) is 13.3. The molecule has 0 atom stereocenters. The maximum Gasteiger partial charge on any atom is 0.242 e. The number of aromatic nitrogens is 2. The molecule has 5 nitrogen and oxygen atoms in total. The molecule has 112 valence electrons. The topological polar surface area (TPSA) is 49.3 Å². The van der Waals surface area contributed by atoms with Crippen molar-refractivity contribution in [3.8, 4) is 0 Å². The van der Waals surface area contributed by atoms with Crippen LogP contribution in [0.15, 0.2) is 24.3 Å². The first-order valence-electron chi connectivity index (χ1n) is 6.98. The van der Waals surface area contributed by atoms with Gasteiger partial charge in [0, 0.05) is 25.5 Å². The van der Waals surface area contributed by atoms with Crippen molar-refractivity contribution in [2.75, 3.05) is 31.6 Å². The van der Waals surface area contributed by atoms with Crippen LogP contribution in [-0.2, 0) is 4.79 Å². The summed E-state index contributed by atoms with van der Waals surface area (Å²) in [6.07, 6.45) is 0. The van der Waals surface area contributed by atoms with Gasteiger partial charge in [0.15, 0.2) is 0 Å². The Kier molecular flexibility index (Phi) is 4.96. The average Bonchev–Trinajstić information content (AvgIpc) is 2.47. The second-order valence-electron chi connectivity index (χ2n) is 4.76. The molecule has 2 aromatic rings. The van der Waals surface area contributed by atoms with Crippen molar-refractivity contribution in [3.63, 3.8) is 0 Å². The van der Waals surface area contributed by atoms with Crippen LogP contribution in [0.25, 0.3) is 10.9 Å².